The molecule has 0 N–H and O–H groups in total. The minimum Gasteiger partial charge on any atom is -0.289 e. The van der Waals surface area contributed by atoms with Crippen molar-refractivity contribution in [1.29, 1.82) is 0 Å². The molecule has 4 heteroatoms. The maximum absolute atomic E-state index is 12.9. The number of azo groups is 1. The average Bonchev–Trinajstić information content (AvgIpc) is 2.48. The normalized spacial score (nSPS) is 16.1. The number of hydrogen-bond acceptors (Lipinski definition) is 3. The van der Waals surface area contributed by atoms with Gasteiger partial charge in [0, 0.05) is 15.6 Å². The van der Waals surface area contributed by atoms with Crippen molar-refractivity contribution in [2.24, 2.45) is 21.1 Å². The molecule has 0 aliphatic heterocycles. The lowest BCUT2D eigenvalue weighted by molar-refractivity contribution is -0.114. The van der Waals surface area contributed by atoms with Crippen LogP contribution in [0.15, 0.2) is 74.0 Å². The zero-order chi connectivity index (χ0) is 18.8. The fourth-order valence-corrected chi connectivity index (χ4v) is 2.89. The lowest BCUT2D eigenvalue weighted by atomic mass is 9.72. The van der Waals surface area contributed by atoms with Gasteiger partial charge in [-0.1, -0.05) is 53.7 Å². The van der Waals surface area contributed by atoms with Crippen molar-refractivity contribution in [3.63, 3.8) is 0 Å². The van der Waals surface area contributed by atoms with Gasteiger partial charge in [-0.15, -0.1) is 5.11 Å². The molecule has 0 heterocycles. The van der Waals surface area contributed by atoms with Crippen molar-refractivity contribution in [3.8, 4) is 0 Å². The third kappa shape index (κ3) is 4.85. The molecular formula is C21H25BrN2O. The number of carbonyl (C=O) groups is 1. The number of ketones is 1. The predicted molar refractivity (Wildman–Crippen MR) is 107 cm³/mol. The maximum atomic E-state index is 12.9. The van der Waals surface area contributed by atoms with E-state index in [4.69, 9.17) is 0 Å². The van der Waals surface area contributed by atoms with Crippen LogP contribution in [0.25, 0.3) is 0 Å². The first-order chi connectivity index (χ1) is 11.5. The third-order valence-corrected chi connectivity index (χ3v) is 4.62. The Hall–Kier alpha value is -1.81. The van der Waals surface area contributed by atoms with Crippen molar-refractivity contribution in [2.45, 2.75) is 41.5 Å². The number of allylic oxidation sites excluding steroid dienone is 5. The van der Waals surface area contributed by atoms with Crippen LogP contribution in [0.5, 0.6) is 0 Å². The Kier molecular flexibility index (Phi) is 5.62. The third-order valence-electron chi connectivity index (χ3n) is 3.95. The zero-order valence-corrected chi connectivity index (χ0v) is 17.3. The second-order valence-electron chi connectivity index (χ2n) is 8.24. The van der Waals surface area contributed by atoms with Crippen LogP contribution in [0, 0.1) is 10.8 Å². The highest BCUT2D eigenvalue weighted by Crippen LogP contribution is 2.38. The maximum Gasteiger partial charge on any atom is 0.186 e. The largest absolute Gasteiger partial charge is 0.289 e. The summed E-state index contributed by atoms with van der Waals surface area (Å²) in [4.78, 5) is 12.9. The molecule has 0 spiro atoms. The van der Waals surface area contributed by atoms with E-state index in [1.807, 2.05) is 36.4 Å². The Labute approximate surface area is 158 Å². The number of halogens is 1. The summed E-state index contributed by atoms with van der Waals surface area (Å²) in [5.41, 5.74) is 2.84. The summed E-state index contributed by atoms with van der Waals surface area (Å²) in [5.74, 6) is 0.125. The molecule has 1 aliphatic rings. The molecule has 1 aromatic carbocycles. The number of hydrogen-bond donors (Lipinski definition) is 0. The van der Waals surface area contributed by atoms with E-state index in [-0.39, 0.29) is 16.6 Å². The fraction of sp³-hybridized carbons (Fsp3) is 0.381. The Morgan fingerprint density at radius 2 is 1.44 bits per heavy atom. The molecule has 0 unspecified atom stereocenters. The second-order valence-corrected chi connectivity index (χ2v) is 9.10. The van der Waals surface area contributed by atoms with Crippen molar-refractivity contribution in [1.82, 2.24) is 0 Å². The van der Waals surface area contributed by atoms with Crippen molar-refractivity contribution < 1.29 is 4.79 Å². The molecule has 0 amide bonds. The Balaban J connectivity index is 2.43. The predicted octanol–water partition coefficient (Wildman–Crippen LogP) is 6.94. The fourth-order valence-electron chi connectivity index (χ4n) is 2.53. The monoisotopic (exact) mass is 400 g/mol. The van der Waals surface area contributed by atoms with E-state index in [2.05, 4.69) is 67.7 Å². The number of rotatable bonds is 2. The van der Waals surface area contributed by atoms with Crippen LogP contribution >= 0.6 is 15.9 Å². The van der Waals surface area contributed by atoms with Gasteiger partial charge in [-0.3, -0.25) is 4.79 Å². The molecule has 25 heavy (non-hydrogen) atoms. The summed E-state index contributed by atoms with van der Waals surface area (Å²) in [6.45, 7) is 12.3. The topological polar surface area (TPSA) is 41.8 Å². The summed E-state index contributed by atoms with van der Waals surface area (Å²) in [6, 6.07) is 7.67. The van der Waals surface area contributed by atoms with E-state index in [0.717, 1.165) is 26.9 Å². The first-order valence-corrected chi connectivity index (χ1v) is 9.14. The molecular weight excluding hydrogens is 376 g/mol. The molecule has 1 aromatic rings. The van der Waals surface area contributed by atoms with Gasteiger partial charge >= 0.3 is 0 Å². The van der Waals surface area contributed by atoms with Crippen LogP contribution in [-0.4, -0.2) is 5.78 Å². The highest BCUT2D eigenvalue weighted by atomic mass is 79.9. The van der Waals surface area contributed by atoms with Crippen LogP contribution in [0.2, 0.25) is 0 Å². The molecule has 0 aromatic heterocycles. The first-order valence-electron chi connectivity index (χ1n) is 8.35. The van der Waals surface area contributed by atoms with Crippen molar-refractivity contribution in [3.05, 3.63) is 63.8 Å². The van der Waals surface area contributed by atoms with Gasteiger partial charge in [0.05, 0.1) is 11.9 Å². The standard InChI is InChI=1S/C21H25BrN2O/c1-20(2,3)15-11-14(12-16(19(15)25)21(4,5)6)13-23-24-18-10-8-7-9-17(18)22/h7-13H,1-6H3. The zero-order valence-electron chi connectivity index (χ0n) is 15.7. The summed E-state index contributed by atoms with van der Waals surface area (Å²) in [5, 5.41) is 8.47. The molecule has 1 aliphatic carbocycles. The second kappa shape index (κ2) is 7.20. The van der Waals surface area contributed by atoms with Crippen molar-refractivity contribution >= 4 is 27.4 Å². The number of nitrogens with zero attached hydrogens (tertiary/aromatic N) is 2. The molecule has 0 bridgehead atoms. The molecule has 132 valence electrons. The molecule has 0 fully saturated rings. The van der Waals surface area contributed by atoms with Crippen LogP contribution in [-0.2, 0) is 4.79 Å². The number of carbonyl (C=O) groups excluding carboxylic acids is 1. The molecule has 2 rings (SSSR count). The van der Waals surface area contributed by atoms with E-state index in [9.17, 15) is 4.79 Å². The Bertz CT molecular complexity index is 764. The van der Waals surface area contributed by atoms with Gasteiger partial charge in [0.2, 0.25) is 0 Å². The van der Waals surface area contributed by atoms with E-state index in [1.165, 1.54) is 0 Å². The van der Waals surface area contributed by atoms with Crippen LogP contribution in [0.1, 0.15) is 41.5 Å². The lowest BCUT2D eigenvalue weighted by Crippen LogP contribution is -2.27. The molecule has 3 nitrogen and oxygen atoms in total. The van der Waals surface area contributed by atoms with E-state index in [1.54, 1.807) is 6.20 Å². The van der Waals surface area contributed by atoms with Gasteiger partial charge in [-0.25, -0.2) is 0 Å². The highest BCUT2D eigenvalue weighted by molar-refractivity contribution is 9.10. The van der Waals surface area contributed by atoms with Gasteiger partial charge in [0.15, 0.2) is 5.78 Å². The minimum atomic E-state index is -0.222. The molecule has 0 saturated carbocycles. The van der Waals surface area contributed by atoms with Gasteiger partial charge < -0.3 is 0 Å². The average molecular weight is 401 g/mol. The lowest BCUT2D eigenvalue weighted by Gasteiger charge is -2.31. The van der Waals surface area contributed by atoms with E-state index < -0.39 is 0 Å². The number of Topliss-reactive ketones (excluding diaryl/α,β-unsaturated/α-hetero) is 1. The highest BCUT2D eigenvalue weighted by Gasteiger charge is 2.33. The van der Waals surface area contributed by atoms with Crippen LogP contribution in [0.3, 0.4) is 0 Å². The Morgan fingerprint density at radius 1 is 0.920 bits per heavy atom. The van der Waals surface area contributed by atoms with Gasteiger partial charge in [-0.05, 0) is 56.6 Å². The van der Waals surface area contributed by atoms with E-state index >= 15 is 0 Å². The summed E-state index contributed by atoms with van der Waals surface area (Å²) >= 11 is 3.46. The van der Waals surface area contributed by atoms with E-state index in [0.29, 0.717) is 0 Å². The Morgan fingerprint density at radius 3 is 1.92 bits per heavy atom. The smallest absolute Gasteiger partial charge is 0.186 e. The summed E-state index contributed by atoms with van der Waals surface area (Å²) in [6.07, 6.45) is 5.57. The molecule has 0 radical (unpaired) electrons. The minimum absolute atomic E-state index is 0.125. The summed E-state index contributed by atoms with van der Waals surface area (Å²) in [7, 11) is 0. The molecule has 0 atom stereocenters. The molecule has 0 saturated heterocycles. The number of benzene rings is 1. The van der Waals surface area contributed by atoms with Gasteiger partial charge in [0.25, 0.3) is 0 Å². The quantitative estimate of drug-likeness (QED) is 0.495. The SMILES string of the molecule is CC(C)(C)C1=CC(=CN=Nc2ccccc2Br)C=C(C(C)(C)C)C1=O. The van der Waals surface area contributed by atoms with Crippen LogP contribution < -0.4 is 0 Å². The van der Waals surface area contributed by atoms with Gasteiger partial charge in [-0.2, -0.15) is 5.11 Å². The summed E-state index contributed by atoms with van der Waals surface area (Å²) < 4.78 is 0.896. The van der Waals surface area contributed by atoms with Crippen molar-refractivity contribution in [2.75, 3.05) is 0 Å². The van der Waals surface area contributed by atoms with Gasteiger partial charge in [0.1, 0.15) is 0 Å². The first kappa shape index (κ1) is 19.5. The van der Waals surface area contributed by atoms with Crippen LogP contribution in [0.4, 0.5) is 5.69 Å².